The molecule has 2 aromatic rings. The predicted octanol–water partition coefficient (Wildman–Crippen LogP) is 2.23. The molecular weight excluding hydrogens is 326 g/mol. The molecule has 0 amide bonds. The molecule has 130 valence electrons. The van der Waals surface area contributed by atoms with Gasteiger partial charge in [0.15, 0.2) is 0 Å². The number of hydrogen-bond donors (Lipinski definition) is 1. The molecule has 1 fully saturated rings. The first kappa shape index (κ1) is 17.1. The van der Waals surface area contributed by atoms with E-state index in [1.54, 1.807) is 26.1 Å². The van der Waals surface area contributed by atoms with Gasteiger partial charge in [-0.25, -0.2) is 13.1 Å². The van der Waals surface area contributed by atoms with Crippen molar-refractivity contribution in [2.45, 2.75) is 44.2 Å². The van der Waals surface area contributed by atoms with Gasteiger partial charge in [-0.05, 0) is 44.9 Å². The molecule has 1 aliphatic rings. The highest BCUT2D eigenvalue weighted by atomic mass is 32.2. The van der Waals surface area contributed by atoms with Crippen molar-refractivity contribution in [3.05, 3.63) is 47.7 Å². The quantitative estimate of drug-likeness (QED) is 0.896. The second kappa shape index (κ2) is 7.04. The molecule has 0 bridgehead atoms. The maximum atomic E-state index is 12.5. The highest BCUT2D eigenvalue weighted by molar-refractivity contribution is 7.89. The molecule has 1 aliphatic heterocycles. The zero-order valence-corrected chi connectivity index (χ0v) is 14.8. The fourth-order valence-corrected chi connectivity index (χ4v) is 4.63. The number of aromatic nitrogens is 1. The molecule has 7 heteroatoms. The maximum absolute atomic E-state index is 12.5. The van der Waals surface area contributed by atoms with Crippen LogP contribution in [-0.4, -0.2) is 37.4 Å². The third-order valence-corrected chi connectivity index (χ3v) is 5.93. The molecule has 1 saturated heterocycles. The summed E-state index contributed by atoms with van der Waals surface area (Å²) in [6, 6.07) is 7.44. The number of hydrogen-bond acceptors (Lipinski definition) is 5. The lowest BCUT2D eigenvalue weighted by Gasteiger charge is -2.31. The molecule has 1 N–H and O–H groups in total. The maximum Gasteiger partial charge on any atom is 0.244 e. The van der Waals surface area contributed by atoms with Gasteiger partial charge in [0, 0.05) is 31.9 Å². The van der Waals surface area contributed by atoms with Gasteiger partial charge in [-0.3, -0.25) is 9.88 Å². The zero-order valence-electron chi connectivity index (χ0n) is 14.0. The lowest BCUT2D eigenvalue weighted by molar-refractivity contribution is 0.198. The summed E-state index contributed by atoms with van der Waals surface area (Å²) >= 11 is 0. The van der Waals surface area contributed by atoms with Crippen LogP contribution >= 0.6 is 0 Å². The fourth-order valence-electron chi connectivity index (χ4n) is 3.09. The third-order valence-electron chi connectivity index (χ3n) is 4.31. The van der Waals surface area contributed by atoms with Gasteiger partial charge < -0.3 is 4.42 Å². The van der Waals surface area contributed by atoms with Crippen molar-refractivity contribution in [3.63, 3.8) is 0 Å². The van der Waals surface area contributed by atoms with Gasteiger partial charge in [0.05, 0.1) is 5.69 Å². The highest BCUT2D eigenvalue weighted by Crippen LogP contribution is 2.21. The Bertz CT molecular complexity index is 779. The van der Waals surface area contributed by atoms with E-state index in [1.165, 1.54) is 0 Å². The molecule has 6 nitrogen and oxygen atoms in total. The summed E-state index contributed by atoms with van der Waals surface area (Å²) in [6.07, 6.45) is 3.38. The fraction of sp³-hybridized carbons (Fsp3) is 0.471. The summed E-state index contributed by atoms with van der Waals surface area (Å²) in [7, 11) is -3.52. The van der Waals surface area contributed by atoms with Gasteiger partial charge in [0.2, 0.25) is 10.0 Å². The van der Waals surface area contributed by atoms with Crippen molar-refractivity contribution in [2.24, 2.45) is 0 Å². The van der Waals surface area contributed by atoms with E-state index in [0.29, 0.717) is 11.5 Å². The van der Waals surface area contributed by atoms with E-state index in [2.05, 4.69) is 14.6 Å². The first-order valence-corrected chi connectivity index (χ1v) is 9.64. The minimum atomic E-state index is -3.52. The summed E-state index contributed by atoms with van der Waals surface area (Å²) < 4.78 is 33.2. The molecule has 0 aromatic carbocycles. The lowest BCUT2D eigenvalue weighted by Crippen LogP contribution is -2.44. The van der Waals surface area contributed by atoms with Crippen LogP contribution in [0.15, 0.2) is 39.8 Å². The van der Waals surface area contributed by atoms with Gasteiger partial charge >= 0.3 is 0 Å². The van der Waals surface area contributed by atoms with Crippen LogP contribution in [0.2, 0.25) is 0 Å². The van der Waals surface area contributed by atoms with Crippen LogP contribution in [0.3, 0.4) is 0 Å². The van der Waals surface area contributed by atoms with Crippen LogP contribution in [-0.2, 0) is 16.6 Å². The van der Waals surface area contributed by atoms with Crippen molar-refractivity contribution >= 4 is 10.0 Å². The first-order chi connectivity index (χ1) is 11.4. The Kier molecular flexibility index (Phi) is 5.03. The number of nitrogens with one attached hydrogen (secondary N) is 1. The molecule has 0 radical (unpaired) electrons. The number of rotatable bonds is 5. The Hall–Kier alpha value is -1.70. The van der Waals surface area contributed by atoms with Crippen molar-refractivity contribution in [1.29, 1.82) is 0 Å². The SMILES string of the molecule is Cc1cc(S(=O)(=O)NC2CCN(Cc3ccccn3)CC2)c(C)o1. The molecule has 0 atom stereocenters. The zero-order chi connectivity index (χ0) is 17.2. The predicted molar refractivity (Wildman–Crippen MR) is 91.0 cm³/mol. The Balaban J connectivity index is 1.56. The van der Waals surface area contributed by atoms with E-state index >= 15 is 0 Å². The topological polar surface area (TPSA) is 75.4 Å². The number of piperidine rings is 1. The highest BCUT2D eigenvalue weighted by Gasteiger charge is 2.27. The molecule has 0 saturated carbocycles. The second-order valence-electron chi connectivity index (χ2n) is 6.27. The molecule has 0 aliphatic carbocycles. The smallest absolute Gasteiger partial charge is 0.244 e. The lowest BCUT2D eigenvalue weighted by atomic mass is 10.1. The van der Waals surface area contributed by atoms with Gasteiger partial charge in [-0.2, -0.15) is 0 Å². The van der Waals surface area contributed by atoms with E-state index in [9.17, 15) is 8.42 Å². The Morgan fingerprint density at radius 1 is 1.29 bits per heavy atom. The normalized spacial score (nSPS) is 17.2. The van der Waals surface area contributed by atoms with Crippen LogP contribution in [0.4, 0.5) is 0 Å². The molecule has 0 spiro atoms. The first-order valence-electron chi connectivity index (χ1n) is 8.16. The van der Waals surface area contributed by atoms with E-state index < -0.39 is 10.0 Å². The number of furan rings is 1. The third kappa shape index (κ3) is 4.03. The van der Waals surface area contributed by atoms with Crippen molar-refractivity contribution < 1.29 is 12.8 Å². The largest absolute Gasteiger partial charge is 0.465 e. The monoisotopic (exact) mass is 349 g/mol. The summed E-state index contributed by atoms with van der Waals surface area (Å²) in [5, 5.41) is 0. The van der Waals surface area contributed by atoms with Gasteiger partial charge in [-0.1, -0.05) is 6.07 Å². The minimum Gasteiger partial charge on any atom is -0.465 e. The van der Waals surface area contributed by atoms with Gasteiger partial charge in [0.1, 0.15) is 16.4 Å². The summed E-state index contributed by atoms with van der Waals surface area (Å²) in [5.41, 5.74) is 1.04. The summed E-state index contributed by atoms with van der Waals surface area (Å²) in [4.78, 5) is 6.89. The Morgan fingerprint density at radius 3 is 2.62 bits per heavy atom. The van der Waals surface area contributed by atoms with Crippen molar-refractivity contribution in [3.8, 4) is 0 Å². The van der Waals surface area contributed by atoms with Crippen LogP contribution in [0, 0.1) is 13.8 Å². The number of sulfonamides is 1. The van der Waals surface area contributed by atoms with Crippen molar-refractivity contribution in [1.82, 2.24) is 14.6 Å². The minimum absolute atomic E-state index is 0.0374. The number of nitrogens with zero attached hydrogens (tertiary/aromatic N) is 2. The molecule has 24 heavy (non-hydrogen) atoms. The van der Waals surface area contributed by atoms with E-state index in [0.717, 1.165) is 38.2 Å². The average Bonchev–Trinajstić information content (AvgIpc) is 2.90. The van der Waals surface area contributed by atoms with Gasteiger partial charge in [0.25, 0.3) is 0 Å². The average molecular weight is 349 g/mol. The summed E-state index contributed by atoms with van der Waals surface area (Å²) in [6.45, 7) is 5.94. The number of likely N-dealkylation sites (tertiary alicyclic amines) is 1. The summed E-state index contributed by atoms with van der Waals surface area (Å²) in [5.74, 6) is 1.05. The Labute approximate surface area is 142 Å². The van der Waals surface area contributed by atoms with Crippen molar-refractivity contribution in [2.75, 3.05) is 13.1 Å². The van der Waals surface area contributed by atoms with E-state index in [4.69, 9.17) is 4.42 Å². The number of aryl methyl sites for hydroxylation is 2. The van der Waals surface area contributed by atoms with E-state index in [-0.39, 0.29) is 10.9 Å². The standard InChI is InChI=1S/C17H23N3O3S/c1-13-11-17(14(2)23-13)24(21,22)19-15-6-9-20(10-7-15)12-16-5-3-4-8-18-16/h3-5,8,11,15,19H,6-7,9-10,12H2,1-2H3. The van der Waals surface area contributed by atoms with Crippen LogP contribution < -0.4 is 4.72 Å². The van der Waals surface area contributed by atoms with E-state index in [1.807, 2.05) is 18.2 Å². The second-order valence-corrected chi connectivity index (χ2v) is 7.95. The molecule has 3 heterocycles. The molecule has 2 aromatic heterocycles. The van der Waals surface area contributed by atoms with Crippen LogP contribution in [0.1, 0.15) is 30.1 Å². The molecule has 3 rings (SSSR count). The molecule has 0 unspecified atom stereocenters. The molecular formula is C17H23N3O3S. The van der Waals surface area contributed by atoms with Crippen LogP contribution in [0.25, 0.3) is 0 Å². The number of pyridine rings is 1. The van der Waals surface area contributed by atoms with Crippen LogP contribution in [0.5, 0.6) is 0 Å². The Morgan fingerprint density at radius 2 is 2.04 bits per heavy atom. The van der Waals surface area contributed by atoms with Gasteiger partial charge in [-0.15, -0.1) is 0 Å².